The minimum Gasteiger partial charge on any atom is -0.298 e. The number of fused-ring (bicyclic) bond motifs is 3. The van der Waals surface area contributed by atoms with Gasteiger partial charge in [-0.25, -0.2) is 15.0 Å². The minimum atomic E-state index is -0.483. The van der Waals surface area contributed by atoms with Crippen LogP contribution >= 0.6 is 31.9 Å². The largest absolute Gasteiger partial charge is 0.298 e. The van der Waals surface area contributed by atoms with Crippen LogP contribution in [0.1, 0.15) is 0 Å². The number of halogens is 3. The quantitative estimate of drug-likeness (QED) is 0.188. The maximum Gasteiger partial charge on any atom is 0.212 e. The summed E-state index contributed by atoms with van der Waals surface area (Å²) in [5.74, 6) is -0.483. The lowest BCUT2D eigenvalue weighted by atomic mass is 10.1. The molecule has 0 saturated carbocycles. The Balaban J connectivity index is 0.000000138. The van der Waals surface area contributed by atoms with Crippen molar-refractivity contribution in [1.82, 2.24) is 28.7 Å². The van der Waals surface area contributed by atoms with Crippen LogP contribution in [0.2, 0.25) is 0 Å². The summed E-state index contributed by atoms with van der Waals surface area (Å²) in [6.07, 6.45) is 11.0. The first-order valence-corrected chi connectivity index (χ1v) is 12.9. The Bertz CT molecular complexity index is 1880. The van der Waals surface area contributed by atoms with Gasteiger partial charge in [-0.15, -0.1) is 0 Å². The van der Waals surface area contributed by atoms with Gasteiger partial charge in [-0.1, -0.05) is 18.2 Å². The van der Waals surface area contributed by atoms with Crippen molar-refractivity contribution >= 4 is 54.1 Å². The molecule has 0 aliphatic rings. The SMILES string of the molecule is Brc1ccc2ncc(-c3cnc4ccccc4c3)n2c1.Fc1ccc(-c2cnc3ccc(Br)cn23)cn1. The van der Waals surface area contributed by atoms with Gasteiger partial charge in [-0.2, -0.15) is 4.39 Å². The predicted molar refractivity (Wildman–Crippen MR) is 150 cm³/mol. The highest BCUT2D eigenvalue weighted by molar-refractivity contribution is 9.10. The van der Waals surface area contributed by atoms with E-state index in [0.29, 0.717) is 0 Å². The van der Waals surface area contributed by atoms with E-state index in [9.17, 15) is 4.39 Å². The zero-order valence-electron chi connectivity index (χ0n) is 19.1. The number of hydrogen-bond donors (Lipinski definition) is 0. The molecule has 0 atom stereocenters. The normalized spacial score (nSPS) is 11.1. The van der Waals surface area contributed by atoms with Crippen molar-refractivity contribution in [3.63, 3.8) is 0 Å². The second-order valence-electron chi connectivity index (χ2n) is 8.22. The van der Waals surface area contributed by atoms with E-state index >= 15 is 0 Å². The van der Waals surface area contributed by atoms with Crippen molar-refractivity contribution in [1.29, 1.82) is 0 Å². The number of imidazole rings is 2. The summed E-state index contributed by atoms with van der Waals surface area (Å²) in [5, 5.41) is 1.13. The lowest BCUT2D eigenvalue weighted by molar-refractivity contribution is 0.584. The third kappa shape index (κ3) is 4.75. The topological polar surface area (TPSA) is 60.4 Å². The van der Waals surface area contributed by atoms with Crippen LogP contribution in [0.4, 0.5) is 4.39 Å². The van der Waals surface area contributed by atoms with Crippen LogP contribution in [0.5, 0.6) is 0 Å². The summed E-state index contributed by atoms with van der Waals surface area (Å²) < 4.78 is 18.7. The van der Waals surface area contributed by atoms with E-state index in [1.54, 1.807) is 12.3 Å². The smallest absolute Gasteiger partial charge is 0.212 e. The van der Waals surface area contributed by atoms with Crippen LogP contribution in [-0.2, 0) is 0 Å². The van der Waals surface area contributed by atoms with E-state index in [0.717, 1.165) is 53.7 Å². The van der Waals surface area contributed by atoms with E-state index in [4.69, 9.17) is 0 Å². The fourth-order valence-electron chi connectivity index (χ4n) is 4.07. The van der Waals surface area contributed by atoms with E-state index < -0.39 is 5.95 Å². The molecule has 6 nitrogen and oxygen atoms in total. The van der Waals surface area contributed by atoms with Gasteiger partial charge in [0.15, 0.2) is 0 Å². The molecule has 7 aromatic rings. The molecule has 7 rings (SSSR count). The fraction of sp³-hybridized carbons (Fsp3) is 0. The third-order valence-corrected chi connectivity index (χ3v) is 6.79. The number of aromatic nitrogens is 6. The zero-order chi connectivity index (χ0) is 25.4. The van der Waals surface area contributed by atoms with Gasteiger partial charge in [-0.3, -0.25) is 13.8 Å². The molecule has 0 amide bonds. The monoisotopic (exact) mass is 614 g/mol. The fourth-order valence-corrected chi connectivity index (χ4v) is 4.75. The summed E-state index contributed by atoms with van der Waals surface area (Å²) >= 11 is 6.91. The van der Waals surface area contributed by atoms with Crippen LogP contribution in [-0.4, -0.2) is 28.7 Å². The molecule has 37 heavy (non-hydrogen) atoms. The third-order valence-electron chi connectivity index (χ3n) is 5.85. The lowest BCUT2D eigenvalue weighted by Crippen LogP contribution is -1.89. The Morgan fingerprint density at radius 3 is 1.86 bits per heavy atom. The van der Waals surface area contributed by atoms with Gasteiger partial charge in [0, 0.05) is 50.2 Å². The van der Waals surface area contributed by atoms with Gasteiger partial charge in [0.1, 0.15) is 11.3 Å². The van der Waals surface area contributed by atoms with Gasteiger partial charge >= 0.3 is 0 Å². The molecule has 180 valence electrons. The van der Waals surface area contributed by atoms with Crippen LogP contribution in [0.3, 0.4) is 0 Å². The highest BCUT2D eigenvalue weighted by Gasteiger charge is 2.08. The van der Waals surface area contributed by atoms with Crippen molar-refractivity contribution in [3.05, 3.63) is 119 Å². The standard InChI is InChI=1S/C16H10BrN3.C12H7BrFN3/c17-13-5-6-16-19-9-15(20(16)10-13)12-7-11-3-1-2-4-14(11)18-8-12;13-9-2-4-12-16-6-10(17(12)7-9)8-1-3-11(14)15-5-8/h1-10H;1-7H. The molecule has 6 heterocycles. The van der Waals surface area contributed by atoms with E-state index in [-0.39, 0.29) is 0 Å². The Hall–Kier alpha value is -3.95. The zero-order valence-corrected chi connectivity index (χ0v) is 22.3. The minimum absolute atomic E-state index is 0.483. The molecule has 0 aliphatic carbocycles. The number of hydrogen-bond acceptors (Lipinski definition) is 4. The van der Waals surface area contributed by atoms with Gasteiger partial charge < -0.3 is 0 Å². The highest BCUT2D eigenvalue weighted by atomic mass is 79.9. The van der Waals surface area contributed by atoms with Crippen molar-refractivity contribution in [2.75, 3.05) is 0 Å². The maximum atomic E-state index is 12.8. The van der Waals surface area contributed by atoms with Crippen LogP contribution in [0.15, 0.2) is 113 Å². The maximum absolute atomic E-state index is 12.8. The van der Waals surface area contributed by atoms with Crippen LogP contribution < -0.4 is 0 Å². The molecule has 0 aliphatic heterocycles. The van der Waals surface area contributed by atoms with Crippen molar-refractivity contribution in [3.8, 4) is 22.5 Å². The summed E-state index contributed by atoms with van der Waals surface area (Å²) in [5.41, 5.74) is 6.59. The molecular formula is C28H17Br2FN6. The molecule has 0 fully saturated rings. The molecule has 9 heteroatoms. The first kappa shape index (κ1) is 23.4. The van der Waals surface area contributed by atoms with E-state index in [1.165, 1.54) is 12.3 Å². The first-order valence-electron chi connectivity index (χ1n) is 11.3. The summed E-state index contributed by atoms with van der Waals surface area (Å²) in [6, 6.07) is 21.1. The molecule has 0 bridgehead atoms. The molecule has 0 N–H and O–H groups in total. The highest BCUT2D eigenvalue weighted by Crippen LogP contribution is 2.25. The predicted octanol–water partition coefficient (Wildman–Crippen LogP) is 7.61. The van der Waals surface area contributed by atoms with Gasteiger partial charge in [0.25, 0.3) is 0 Å². The lowest BCUT2D eigenvalue weighted by Gasteiger charge is -2.04. The number of nitrogens with zero attached hydrogens (tertiary/aromatic N) is 6. The molecule has 1 aromatic carbocycles. The second kappa shape index (κ2) is 9.84. The molecular weight excluding hydrogens is 599 g/mol. The van der Waals surface area contributed by atoms with Crippen molar-refractivity contribution in [2.24, 2.45) is 0 Å². The molecule has 0 spiro atoms. The Labute approximate surface area is 227 Å². The van der Waals surface area contributed by atoms with Crippen molar-refractivity contribution < 1.29 is 4.39 Å². The summed E-state index contributed by atoms with van der Waals surface area (Å²) in [6.45, 7) is 0. The first-order chi connectivity index (χ1) is 18.0. The average Bonchev–Trinajstić information content (AvgIpc) is 3.53. The molecule has 0 unspecified atom stereocenters. The Morgan fingerprint density at radius 2 is 1.22 bits per heavy atom. The van der Waals surface area contributed by atoms with E-state index in [2.05, 4.69) is 68.3 Å². The summed E-state index contributed by atoms with van der Waals surface area (Å²) in [4.78, 5) is 16.9. The van der Waals surface area contributed by atoms with Crippen molar-refractivity contribution in [2.45, 2.75) is 0 Å². The molecule has 6 aromatic heterocycles. The van der Waals surface area contributed by atoms with E-state index in [1.807, 2.05) is 71.7 Å². The number of pyridine rings is 4. The van der Waals surface area contributed by atoms with Crippen LogP contribution in [0, 0.1) is 5.95 Å². The second-order valence-corrected chi connectivity index (χ2v) is 10.1. The average molecular weight is 616 g/mol. The van der Waals surface area contributed by atoms with Gasteiger partial charge in [0.2, 0.25) is 5.95 Å². The Morgan fingerprint density at radius 1 is 0.595 bits per heavy atom. The molecule has 0 radical (unpaired) electrons. The summed E-state index contributed by atoms with van der Waals surface area (Å²) in [7, 11) is 0. The Kier molecular flexibility index (Phi) is 6.23. The van der Waals surface area contributed by atoms with Crippen LogP contribution in [0.25, 0.3) is 44.7 Å². The number of rotatable bonds is 2. The molecule has 0 saturated heterocycles. The number of para-hydroxylation sites is 1. The number of benzene rings is 1. The van der Waals surface area contributed by atoms with Gasteiger partial charge in [0.05, 0.1) is 29.3 Å². The van der Waals surface area contributed by atoms with Gasteiger partial charge in [-0.05, 0) is 80.4 Å².